The van der Waals surface area contributed by atoms with Gasteiger partial charge in [-0.2, -0.15) is 0 Å². The van der Waals surface area contributed by atoms with Gasteiger partial charge in [-0.25, -0.2) is 9.59 Å². The first-order valence-corrected chi connectivity index (χ1v) is 8.26. The van der Waals surface area contributed by atoms with Crippen LogP contribution in [-0.2, 0) is 0 Å². The minimum atomic E-state index is -1.57. The molecule has 1 aromatic heterocycles. The molecule has 0 bridgehead atoms. The molecule has 9 heteroatoms. The summed E-state index contributed by atoms with van der Waals surface area (Å²) < 4.78 is 0. The third kappa shape index (κ3) is 2.99. The molecule has 136 valence electrons. The molecule has 0 unspecified atom stereocenters. The number of pyridine rings is 1. The number of anilines is 2. The molecule has 3 rings (SSSR count). The van der Waals surface area contributed by atoms with Crippen molar-refractivity contribution in [3.05, 3.63) is 44.7 Å². The van der Waals surface area contributed by atoms with Crippen molar-refractivity contribution in [1.82, 2.24) is 4.98 Å². The van der Waals surface area contributed by atoms with Gasteiger partial charge in [0.05, 0.1) is 5.02 Å². The number of nitrogens with one attached hydrogen (secondary N) is 1. The number of carboxylic acids is 2. The van der Waals surface area contributed by atoms with Crippen LogP contribution in [0.4, 0.5) is 11.5 Å². The lowest BCUT2D eigenvalue weighted by atomic mass is 9.95. The molecular formula is C17H16ClN3O5. The number of aromatic carboxylic acids is 2. The van der Waals surface area contributed by atoms with Gasteiger partial charge in [-0.1, -0.05) is 17.7 Å². The van der Waals surface area contributed by atoms with Crippen molar-refractivity contribution in [3.8, 4) is 11.1 Å². The summed E-state index contributed by atoms with van der Waals surface area (Å²) in [6, 6.07) is 4.88. The molecule has 26 heavy (non-hydrogen) atoms. The van der Waals surface area contributed by atoms with E-state index in [0.29, 0.717) is 0 Å². The molecule has 0 atom stereocenters. The van der Waals surface area contributed by atoms with Crippen molar-refractivity contribution in [2.24, 2.45) is 0 Å². The van der Waals surface area contributed by atoms with Crippen LogP contribution in [0.2, 0.25) is 5.02 Å². The minimum absolute atomic E-state index is 0.127. The number of hydrogen-bond acceptors (Lipinski definition) is 5. The Morgan fingerprint density at radius 3 is 2.27 bits per heavy atom. The third-order valence-corrected chi connectivity index (χ3v) is 4.68. The van der Waals surface area contributed by atoms with Crippen LogP contribution < -0.4 is 16.2 Å². The van der Waals surface area contributed by atoms with Crippen molar-refractivity contribution < 1.29 is 19.8 Å². The van der Waals surface area contributed by atoms with E-state index in [9.17, 15) is 24.6 Å². The average molecular weight is 378 g/mol. The van der Waals surface area contributed by atoms with E-state index in [4.69, 9.17) is 17.3 Å². The van der Waals surface area contributed by atoms with Crippen molar-refractivity contribution in [1.29, 1.82) is 0 Å². The lowest BCUT2D eigenvalue weighted by molar-refractivity contribution is 0.0695. The summed E-state index contributed by atoms with van der Waals surface area (Å²) in [5.74, 6) is -3.46. The predicted octanol–water partition coefficient (Wildman–Crippen LogP) is 2.27. The molecule has 0 amide bonds. The Labute approximate surface area is 152 Å². The minimum Gasteiger partial charge on any atom is -0.478 e. The number of aromatic amines is 1. The summed E-state index contributed by atoms with van der Waals surface area (Å²) in [5, 5.41) is 19.0. The number of nitrogens with zero attached hydrogens (tertiary/aromatic N) is 1. The van der Waals surface area contributed by atoms with Gasteiger partial charge in [-0.15, -0.1) is 0 Å². The van der Waals surface area contributed by atoms with E-state index < -0.39 is 34.4 Å². The number of carboxylic acid groups (broad SMARTS) is 2. The summed E-state index contributed by atoms with van der Waals surface area (Å²) in [6.07, 6.45) is 2.13. The van der Waals surface area contributed by atoms with Crippen molar-refractivity contribution in [2.75, 3.05) is 23.7 Å². The van der Waals surface area contributed by atoms with Gasteiger partial charge < -0.3 is 25.8 Å². The molecule has 1 aromatic carbocycles. The molecule has 0 spiro atoms. The fourth-order valence-corrected chi connectivity index (χ4v) is 3.46. The fraction of sp³-hybridized carbons (Fsp3) is 0.235. The van der Waals surface area contributed by atoms with Crippen LogP contribution >= 0.6 is 11.6 Å². The third-order valence-electron chi connectivity index (χ3n) is 4.37. The quantitative estimate of drug-likeness (QED) is 0.641. The number of rotatable bonds is 4. The predicted molar refractivity (Wildman–Crippen MR) is 97.3 cm³/mol. The molecule has 1 saturated heterocycles. The first-order chi connectivity index (χ1) is 12.3. The number of H-pyrrole nitrogens is 1. The highest BCUT2D eigenvalue weighted by Gasteiger charge is 2.28. The molecule has 2 aromatic rings. The maximum absolute atomic E-state index is 12.1. The molecule has 0 aliphatic carbocycles. The number of hydrogen-bond donors (Lipinski definition) is 4. The molecule has 1 aliphatic rings. The highest BCUT2D eigenvalue weighted by Crippen LogP contribution is 2.36. The number of nitrogens with two attached hydrogens (primary N) is 1. The average Bonchev–Trinajstić information content (AvgIpc) is 3.07. The zero-order chi connectivity index (χ0) is 19.0. The normalized spacial score (nSPS) is 13.8. The largest absolute Gasteiger partial charge is 0.478 e. The SMILES string of the molecule is Nc1[nH]c(=O)c(C(=O)O)c(-c2ccc(N3CCCC3)cc2Cl)c1C(=O)O. The fourth-order valence-electron chi connectivity index (χ4n) is 3.19. The van der Waals surface area contributed by atoms with Crippen molar-refractivity contribution >= 4 is 35.0 Å². The van der Waals surface area contributed by atoms with Gasteiger partial charge in [0.1, 0.15) is 16.9 Å². The van der Waals surface area contributed by atoms with E-state index in [1.54, 1.807) is 12.1 Å². The standard InChI is InChI=1S/C17H16ClN3O5/c18-10-7-8(21-5-1-2-6-21)3-4-9(10)11-12(16(23)24)14(19)20-15(22)13(11)17(25)26/h3-4,7H,1-2,5-6H2,(H,23,24)(H,25,26)(H3,19,20,22). The topological polar surface area (TPSA) is 137 Å². The smallest absolute Gasteiger partial charge is 0.342 e. The Hall–Kier alpha value is -3.00. The van der Waals surface area contributed by atoms with Gasteiger partial charge >= 0.3 is 11.9 Å². The van der Waals surface area contributed by atoms with Crippen LogP contribution in [0.25, 0.3) is 11.1 Å². The van der Waals surface area contributed by atoms with Crippen LogP contribution in [0, 0.1) is 0 Å². The second kappa shape index (κ2) is 6.72. The molecule has 1 aliphatic heterocycles. The van der Waals surface area contributed by atoms with Crippen molar-refractivity contribution in [3.63, 3.8) is 0 Å². The zero-order valence-electron chi connectivity index (χ0n) is 13.6. The van der Waals surface area contributed by atoms with E-state index in [-0.39, 0.29) is 16.1 Å². The molecule has 0 radical (unpaired) electrons. The second-order valence-corrected chi connectivity index (χ2v) is 6.37. The number of halogens is 1. The lowest BCUT2D eigenvalue weighted by Gasteiger charge is -2.19. The summed E-state index contributed by atoms with van der Waals surface area (Å²) in [7, 11) is 0. The van der Waals surface area contributed by atoms with Gasteiger partial charge in [0.15, 0.2) is 0 Å². The van der Waals surface area contributed by atoms with E-state index in [1.165, 1.54) is 6.07 Å². The summed E-state index contributed by atoms with van der Waals surface area (Å²) >= 11 is 6.33. The summed E-state index contributed by atoms with van der Waals surface area (Å²) in [4.78, 5) is 39.5. The Morgan fingerprint density at radius 2 is 1.73 bits per heavy atom. The lowest BCUT2D eigenvalue weighted by Crippen LogP contribution is -2.24. The molecule has 5 N–H and O–H groups in total. The second-order valence-electron chi connectivity index (χ2n) is 5.96. The Kier molecular flexibility index (Phi) is 4.60. The van der Waals surface area contributed by atoms with Crippen LogP contribution in [0.3, 0.4) is 0 Å². The van der Waals surface area contributed by atoms with Gasteiger partial charge in [0.2, 0.25) is 0 Å². The number of nitrogen functional groups attached to an aromatic ring is 1. The monoisotopic (exact) mass is 377 g/mol. The van der Waals surface area contributed by atoms with Gasteiger partial charge in [-0.3, -0.25) is 4.79 Å². The maximum Gasteiger partial charge on any atom is 0.342 e. The molecule has 2 heterocycles. The van der Waals surface area contributed by atoms with Crippen molar-refractivity contribution in [2.45, 2.75) is 12.8 Å². The zero-order valence-corrected chi connectivity index (χ0v) is 14.3. The van der Waals surface area contributed by atoms with Gasteiger partial charge in [0, 0.05) is 29.9 Å². The highest BCUT2D eigenvalue weighted by molar-refractivity contribution is 6.34. The summed E-state index contributed by atoms with van der Waals surface area (Å²) in [6.45, 7) is 1.77. The van der Waals surface area contributed by atoms with E-state index in [0.717, 1.165) is 31.6 Å². The highest BCUT2D eigenvalue weighted by atomic mass is 35.5. The summed E-state index contributed by atoms with van der Waals surface area (Å²) in [5.41, 5.74) is 4.10. The van der Waals surface area contributed by atoms with E-state index in [2.05, 4.69) is 9.88 Å². The molecule has 1 fully saturated rings. The Morgan fingerprint density at radius 1 is 1.12 bits per heavy atom. The van der Waals surface area contributed by atoms with E-state index >= 15 is 0 Å². The van der Waals surface area contributed by atoms with Crippen LogP contribution in [0.1, 0.15) is 33.6 Å². The van der Waals surface area contributed by atoms with Gasteiger partial charge in [-0.05, 0) is 25.0 Å². The van der Waals surface area contributed by atoms with Crippen LogP contribution in [0.15, 0.2) is 23.0 Å². The molecular weight excluding hydrogens is 362 g/mol. The molecule has 8 nitrogen and oxygen atoms in total. The first kappa shape index (κ1) is 17.8. The van der Waals surface area contributed by atoms with Crippen LogP contribution in [0.5, 0.6) is 0 Å². The van der Waals surface area contributed by atoms with Crippen LogP contribution in [-0.4, -0.2) is 40.2 Å². The Bertz CT molecular complexity index is 964. The molecule has 0 saturated carbocycles. The van der Waals surface area contributed by atoms with Gasteiger partial charge in [0.25, 0.3) is 5.56 Å². The first-order valence-electron chi connectivity index (χ1n) is 7.88. The Balaban J connectivity index is 2.27. The van der Waals surface area contributed by atoms with E-state index in [1.807, 2.05) is 0 Å². The number of aromatic nitrogens is 1. The number of benzene rings is 1. The number of carbonyl (C=O) groups is 2. The maximum atomic E-state index is 12.1.